The van der Waals surface area contributed by atoms with Gasteiger partial charge in [-0.05, 0) is 29.3 Å². The maximum atomic E-state index is 12.8. The van der Waals surface area contributed by atoms with Crippen molar-refractivity contribution in [3.05, 3.63) is 76.8 Å². The summed E-state index contributed by atoms with van der Waals surface area (Å²) < 4.78 is 10.8. The number of hydrogen-bond donors (Lipinski definition) is 1. The highest BCUT2D eigenvalue weighted by molar-refractivity contribution is 7.14. The third-order valence-electron chi connectivity index (χ3n) is 5.91. The second-order valence-electron chi connectivity index (χ2n) is 8.40. The zero-order chi connectivity index (χ0) is 24.0. The standard InChI is InChI=1S/C26H26N4O4S/c31-24(9-7-19-4-2-1-3-5-19)28-26-27-21(17-35-26)15-25(32)30-12-10-29(11-13-30)16-20-6-8-22-23(14-20)34-18-33-22/h1-9,14,17H,10-13,15-16,18H2,(H,27,28,31)/b9-7+. The van der Waals surface area contributed by atoms with E-state index in [9.17, 15) is 9.59 Å². The summed E-state index contributed by atoms with van der Waals surface area (Å²) in [4.78, 5) is 33.6. The Morgan fingerprint density at radius 1 is 1.03 bits per heavy atom. The minimum Gasteiger partial charge on any atom is -0.454 e. The average Bonchev–Trinajstić information content (AvgIpc) is 3.53. The van der Waals surface area contributed by atoms with E-state index in [1.807, 2.05) is 52.7 Å². The van der Waals surface area contributed by atoms with Gasteiger partial charge in [-0.1, -0.05) is 36.4 Å². The minimum absolute atomic E-state index is 0.0554. The molecule has 1 saturated heterocycles. The molecule has 2 aromatic carbocycles. The van der Waals surface area contributed by atoms with Crippen molar-refractivity contribution in [1.82, 2.24) is 14.8 Å². The molecule has 9 heteroatoms. The van der Waals surface area contributed by atoms with E-state index in [1.54, 1.807) is 6.08 Å². The largest absolute Gasteiger partial charge is 0.454 e. The molecule has 1 fully saturated rings. The lowest BCUT2D eigenvalue weighted by atomic mass is 10.1. The van der Waals surface area contributed by atoms with Crippen LogP contribution in [0.5, 0.6) is 11.5 Å². The molecule has 2 aliphatic rings. The molecule has 8 nitrogen and oxygen atoms in total. The minimum atomic E-state index is -0.250. The average molecular weight is 491 g/mol. The number of carbonyl (C=O) groups excluding carboxylic acids is 2. The van der Waals surface area contributed by atoms with Crippen molar-refractivity contribution in [2.24, 2.45) is 0 Å². The van der Waals surface area contributed by atoms with Gasteiger partial charge in [0.2, 0.25) is 18.6 Å². The Kier molecular flexibility index (Phi) is 7.06. The van der Waals surface area contributed by atoms with Gasteiger partial charge in [0.1, 0.15) is 0 Å². The van der Waals surface area contributed by atoms with Gasteiger partial charge in [-0.25, -0.2) is 4.98 Å². The van der Waals surface area contributed by atoms with Crippen molar-refractivity contribution in [1.29, 1.82) is 0 Å². The van der Waals surface area contributed by atoms with Gasteiger partial charge in [0.05, 0.1) is 12.1 Å². The van der Waals surface area contributed by atoms with Gasteiger partial charge in [-0.15, -0.1) is 11.3 Å². The third-order valence-corrected chi connectivity index (χ3v) is 6.72. The number of fused-ring (bicyclic) bond motifs is 1. The summed E-state index contributed by atoms with van der Waals surface area (Å²) in [7, 11) is 0. The lowest BCUT2D eigenvalue weighted by Gasteiger charge is -2.34. The predicted octanol–water partition coefficient (Wildman–Crippen LogP) is 3.41. The topological polar surface area (TPSA) is 84.0 Å². The van der Waals surface area contributed by atoms with Crippen LogP contribution < -0.4 is 14.8 Å². The molecule has 2 amide bonds. The highest BCUT2D eigenvalue weighted by Crippen LogP contribution is 2.32. The Bertz CT molecular complexity index is 1220. The first-order valence-electron chi connectivity index (χ1n) is 11.5. The SMILES string of the molecule is O=C(/C=C/c1ccccc1)Nc1nc(CC(=O)N2CCN(Cc3ccc4c(c3)OCO4)CC2)cs1. The van der Waals surface area contributed by atoms with Crippen LogP contribution >= 0.6 is 11.3 Å². The van der Waals surface area contributed by atoms with Gasteiger partial charge in [0.25, 0.3) is 0 Å². The second kappa shape index (κ2) is 10.7. The fourth-order valence-electron chi connectivity index (χ4n) is 4.05. The van der Waals surface area contributed by atoms with Crippen molar-refractivity contribution in [3.8, 4) is 11.5 Å². The van der Waals surface area contributed by atoms with E-state index in [4.69, 9.17) is 9.47 Å². The lowest BCUT2D eigenvalue weighted by molar-refractivity contribution is -0.132. The summed E-state index contributed by atoms with van der Waals surface area (Å²) in [5, 5.41) is 5.08. The van der Waals surface area contributed by atoms with Crippen LogP contribution in [0.2, 0.25) is 0 Å². The first-order chi connectivity index (χ1) is 17.1. The maximum absolute atomic E-state index is 12.8. The first kappa shape index (κ1) is 23.1. The number of thiazole rings is 1. The van der Waals surface area contributed by atoms with E-state index < -0.39 is 0 Å². The molecule has 2 aliphatic heterocycles. The van der Waals surface area contributed by atoms with E-state index in [0.717, 1.165) is 36.7 Å². The fourth-order valence-corrected chi connectivity index (χ4v) is 4.76. The zero-order valence-electron chi connectivity index (χ0n) is 19.2. The van der Waals surface area contributed by atoms with Crippen LogP contribution in [0.25, 0.3) is 6.08 Å². The number of rotatable bonds is 7. The van der Waals surface area contributed by atoms with E-state index in [0.29, 0.717) is 23.9 Å². The molecule has 0 saturated carbocycles. The van der Waals surface area contributed by atoms with Gasteiger partial charge in [0.15, 0.2) is 16.6 Å². The molecule has 0 unspecified atom stereocenters. The van der Waals surface area contributed by atoms with Crippen LogP contribution in [0.4, 0.5) is 5.13 Å². The van der Waals surface area contributed by atoms with Gasteiger partial charge in [0, 0.05) is 44.2 Å². The molecule has 5 rings (SSSR count). The van der Waals surface area contributed by atoms with Gasteiger partial charge < -0.3 is 14.4 Å². The Morgan fingerprint density at radius 3 is 2.66 bits per heavy atom. The van der Waals surface area contributed by atoms with Crippen molar-refractivity contribution in [2.75, 3.05) is 38.3 Å². The normalized spacial score (nSPS) is 15.5. The predicted molar refractivity (Wildman–Crippen MR) is 134 cm³/mol. The van der Waals surface area contributed by atoms with Crippen LogP contribution in [0.3, 0.4) is 0 Å². The van der Waals surface area contributed by atoms with Crippen LogP contribution in [0.1, 0.15) is 16.8 Å². The van der Waals surface area contributed by atoms with Crippen molar-refractivity contribution < 1.29 is 19.1 Å². The van der Waals surface area contributed by atoms with Crippen LogP contribution in [-0.4, -0.2) is 59.6 Å². The van der Waals surface area contributed by atoms with Crippen molar-refractivity contribution in [3.63, 3.8) is 0 Å². The van der Waals surface area contributed by atoms with E-state index >= 15 is 0 Å². The van der Waals surface area contributed by atoms with Crippen molar-refractivity contribution >= 4 is 34.4 Å². The van der Waals surface area contributed by atoms with E-state index in [1.165, 1.54) is 23.0 Å². The number of piperazine rings is 1. The molecule has 180 valence electrons. The molecular weight excluding hydrogens is 464 g/mol. The summed E-state index contributed by atoms with van der Waals surface area (Å²) in [5.74, 6) is 1.39. The summed E-state index contributed by atoms with van der Waals surface area (Å²) in [6.45, 7) is 4.08. The number of benzene rings is 2. The Hall–Kier alpha value is -3.69. The molecule has 3 heterocycles. The fraction of sp³-hybridized carbons (Fsp3) is 0.269. The van der Waals surface area contributed by atoms with Gasteiger partial charge in [-0.2, -0.15) is 0 Å². The number of anilines is 1. The number of nitrogens with one attached hydrogen (secondary N) is 1. The Labute approximate surface area is 207 Å². The molecule has 1 aromatic heterocycles. The smallest absolute Gasteiger partial charge is 0.250 e. The van der Waals surface area contributed by atoms with Crippen LogP contribution in [0, 0.1) is 0 Å². The molecule has 0 bridgehead atoms. The molecule has 0 radical (unpaired) electrons. The van der Waals surface area contributed by atoms with Gasteiger partial charge in [-0.3, -0.25) is 19.8 Å². The summed E-state index contributed by atoms with van der Waals surface area (Å²) in [6.07, 6.45) is 3.46. The number of hydrogen-bond acceptors (Lipinski definition) is 7. The monoisotopic (exact) mass is 490 g/mol. The van der Waals surface area contributed by atoms with Crippen LogP contribution in [0.15, 0.2) is 60.0 Å². The molecule has 1 N–H and O–H groups in total. The zero-order valence-corrected chi connectivity index (χ0v) is 20.0. The van der Waals surface area contributed by atoms with Gasteiger partial charge >= 0.3 is 0 Å². The highest BCUT2D eigenvalue weighted by atomic mass is 32.1. The number of amides is 2. The van der Waals surface area contributed by atoms with E-state index in [2.05, 4.69) is 21.3 Å². The molecule has 0 atom stereocenters. The number of nitrogens with zero attached hydrogens (tertiary/aromatic N) is 3. The molecule has 35 heavy (non-hydrogen) atoms. The lowest BCUT2D eigenvalue weighted by Crippen LogP contribution is -2.48. The molecule has 0 spiro atoms. The second-order valence-corrected chi connectivity index (χ2v) is 9.26. The highest BCUT2D eigenvalue weighted by Gasteiger charge is 2.23. The number of ether oxygens (including phenoxy) is 2. The first-order valence-corrected chi connectivity index (χ1v) is 12.4. The molecule has 0 aliphatic carbocycles. The summed E-state index contributed by atoms with van der Waals surface area (Å²) in [6, 6.07) is 15.6. The van der Waals surface area contributed by atoms with Crippen LogP contribution in [-0.2, 0) is 22.6 Å². The Morgan fingerprint density at radius 2 is 1.83 bits per heavy atom. The quantitative estimate of drug-likeness (QED) is 0.511. The Balaban J connectivity index is 1.07. The molecule has 3 aromatic rings. The number of carbonyl (C=O) groups is 2. The summed E-state index contributed by atoms with van der Waals surface area (Å²) in [5.41, 5.74) is 2.79. The van der Waals surface area contributed by atoms with E-state index in [-0.39, 0.29) is 25.0 Å². The van der Waals surface area contributed by atoms with Crippen molar-refractivity contribution in [2.45, 2.75) is 13.0 Å². The number of aromatic nitrogens is 1. The third kappa shape index (κ3) is 6.06. The maximum Gasteiger partial charge on any atom is 0.250 e. The molecular formula is C26H26N4O4S. The summed E-state index contributed by atoms with van der Waals surface area (Å²) >= 11 is 1.32.